The van der Waals surface area contributed by atoms with E-state index in [4.69, 9.17) is 9.47 Å². The van der Waals surface area contributed by atoms with Crippen LogP contribution in [0.4, 0.5) is 5.82 Å². The van der Waals surface area contributed by atoms with Gasteiger partial charge in [-0.2, -0.15) is 9.61 Å². The van der Waals surface area contributed by atoms with Crippen LogP contribution in [0.5, 0.6) is 11.5 Å². The van der Waals surface area contributed by atoms with E-state index < -0.39 is 6.10 Å². The number of nitrogens with zero attached hydrogens (tertiary/aromatic N) is 3. The van der Waals surface area contributed by atoms with Gasteiger partial charge in [-0.25, -0.2) is 4.98 Å². The molecular formula is C18H22N4O3. The number of methoxy groups -OCH3 is 2. The van der Waals surface area contributed by atoms with Gasteiger partial charge in [0.1, 0.15) is 17.3 Å². The highest BCUT2D eigenvalue weighted by atomic mass is 16.5. The summed E-state index contributed by atoms with van der Waals surface area (Å²) in [5.41, 5.74) is 3.20. The Morgan fingerprint density at radius 1 is 1.12 bits per heavy atom. The SMILES string of the molecule is COc1ccc(OC)c([C@@H](O)CNc2cc(C)nc3cc(C)nn23)c1. The maximum atomic E-state index is 10.6. The van der Waals surface area contributed by atoms with Gasteiger partial charge in [0.2, 0.25) is 0 Å². The summed E-state index contributed by atoms with van der Waals surface area (Å²) in [5.74, 6) is 2.05. The first kappa shape index (κ1) is 17.0. The number of fused-ring (bicyclic) bond motifs is 1. The van der Waals surface area contributed by atoms with Gasteiger partial charge in [-0.05, 0) is 32.0 Å². The summed E-state index contributed by atoms with van der Waals surface area (Å²) in [6.45, 7) is 4.14. The van der Waals surface area contributed by atoms with E-state index >= 15 is 0 Å². The fourth-order valence-electron chi connectivity index (χ4n) is 2.75. The quantitative estimate of drug-likeness (QED) is 0.716. The van der Waals surface area contributed by atoms with Crippen LogP contribution in [0.1, 0.15) is 23.1 Å². The van der Waals surface area contributed by atoms with Crippen molar-refractivity contribution in [3.05, 3.63) is 47.3 Å². The molecule has 3 rings (SSSR count). The molecule has 7 nitrogen and oxygen atoms in total. The number of aliphatic hydroxyl groups excluding tert-OH is 1. The Labute approximate surface area is 146 Å². The van der Waals surface area contributed by atoms with Crippen LogP contribution in [-0.2, 0) is 0 Å². The number of hydrogen-bond acceptors (Lipinski definition) is 6. The largest absolute Gasteiger partial charge is 0.497 e. The molecule has 0 aliphatic carbocycles. The Morgan fingerprint density at radius 3 is 2.64 bits per heavy atom. The summed E-state index contributed by atoms with van der Waals surface area (Å²) >= 11 is 0. The third-order valence-corrected chi connectivity index (χ3v) is 3.95. The highest BCUT2D eigenvalue weighted by Crippen LogP contribution is 2.29. The normalized spacial score (nSPS) is 12.2. The van der Waals surface area contributed by atoms with E-state index in [0.29, 0.717) is 23.6 Å². The van der Waals surface area contributed by atoms with Crippen LogP contribution in [0.15, 0.2) is 30.3 Å². The standard InChI is InChI=1S/C18H22N4O3/c1-11-7-17(22-18(20-11)8-12(2)21-22)19-10-15(23)14-9-13(24-3)5-6-16(14)25-4/h5-9,15,19,23H,10H2,1-4H3/t15-/m0/s1. The third-order valence-electron chi connectivity index (χ3n) is 3.95. The van der Waals surface area contributed by atoms with Gasteiger partial charge in [-0.15, -0.1) is 0 Å². The Hall–Kier alpha value is -2.80. The number of benzene rings is 1. The number of aromatic nitrogens is 3. The van der Waals surface area contributed by atoms with Gasteiger partial charge < -0.3 is 19.9 Å². The highest BCUT2D eigenvalue weighted by molar-refractivity contribution is 5.51. The average molecular weight is 342 g/mol. The van der Waals surface area contributed by atoms with E-state index in [-0.39, 0.29) is 0 Å². The number of anilines is 1. The molecule has 1 atom stereocenters. The Morgan fingerprint density at radius 2 is 1.92 bits per heavy atom. The first-order valence-corrected chi connectivity index (χ1v) is 7.99. The minimum atomic E-state index is -0.773. The monoisotopic (exact) mass is 342 g/mol. The van der Waals surface area contributed by atoms with Crippen molar-refractivity contribution in [3.63, 3.8) is 0 Å². The van der Waals surface area contributed by atoms with Crippen molar-refractivity contribution < 1.29 is 14.6 Å². The molecule has 0 spiro atoms. The molecule has 0 amide bonds. The van der Waals surface area contributed by atoms with Gasteiger partial charge in [0, 0.05) is 29.9 Å². The van der Waals surface area contributed by atoms with Gasteiger partial charge in [-0.1, -0.05) is 0 Å². The van der Waals surface area contributed by atoms with E-state index in [1.165, 1.54) is 0 Å². The minimum Gasteiger partial charge on any atom is -0.497 e. The molecule has 0 saturated carbocycles. The maximum absolute atomic E-state index is 10.6. The number of aliphatic hydroxyl groups is 1. The first-order chi connectivity index (χ1) is 12.0. The van der Waals surface area contributed by atoms with Crippen LogP contribution in [0, 0.1) is 13.8 Å². The first-order valence-electron chi connectivity index (χ1n) is 7.99. The fraction of sp³-hybridized carbons (Fsp3) is 0.333. The number of rotatable bonds is 6. The van der Waals surface area contributed by atoms with E-state index in [0.717, 1.165) is 22.9 Å². The average Bonchev–Trinajstić information content (AvgIpc) is 2.98. The zero-order valence-electron chi connectivity index (χ0n) is 14.8. The van der Waals surface area contributed by atoms with Crippen molar-refractivity contribution in [2.24, 2.45) is 0 Å². The van der Waals surface area contributed by atoms with Gasteiger partial charge in [0.15, 0.2) is 5.65 Å². The molecule has 2 N–H and O–H groups in total. The molecule has 132 valence electrons. The summed E-state index contributed by atoms with van der Waals surface area (Å²) < 4.78 is 12.3. The van der Waals surface area contributed by atoms with E-state index in [2.05, 4.69) is 15.4 Å². The smallest absolute Gasteiger partial charge is 0.157 e. The molecule has 0 saturated heterocycles. The van der Waals surface area contributed by atoms with Gasteiger partial charge in [-0.3, -0.25) is 0 Å². The lowest BCUT2D eigenvalue weighted by Crippen LogP contribution is -2.15. The molecule has 0 aliphatic heterocycles. The lowest BCUT2D eigenvalue weighted by molar-refractivity contribution is 0.186. The highest BCUT2D eigenvalue weighted by Gasteiger charge is 2.15. The van der Waals surface area contributed by atoms with Crippen molar-refractivity contribution in [1.29, 1.82) is 0 Å². The molecule has 0 radical (unpaired) electrons. The second-order valence-corrected chi connectivity index (χ2v) is 5.84. The Kier molecular flexibility index (Phi) is 4.76. The lowest BCUT2D eigenvalue weighted by atomic mass is 10.1. The number of ether oxygens (including phenoxy) is 2. The lowest BCUT2D eigenvalue weighted by Gasteiger charge is -2.17. The third kappa shape index (κ3) is 3.51. The van der Waals surface area contributed by atoms with Crippen molar-refractivity contribution in [3.8, 4) is 11.5 Å². The second kappa shape index (κ2) is 6.98. The predicted molar refractivity (Wildman–Crippen MR) is 95.5 cm³/mol. The molecular weight excluding hydrogens is 320 g/mol. The molecule has 0 fully saturated rings. The van der Waals surface area contributed by atoms with Crippen molar-refractivity contribution in [1.82, 2.24) is 14.6 Å². The molecule has 2 heterocycles. The van der Waals surface area contributed by atoms with Crippen LogP contribution < -0.4 is 14.8 Å². The molecule has 0 aliphatic rings. The van der Waals surface area contributed by atoms with E-state index in [9.17, 15) is 5.11 Å². The van der Waals surface area contributed by atoms with Gasteiger partial charge in [0.05, 0.1) is 26.0 Å². The van der Waals surface area contributed by atoms with Crippen molar-refractivity contribution in [2.75, 3.05) is 26.1 Å². The molecule has 0 unspecified atom stereocenters. The van der Waals surface area contributed by atoms with Crippen LogP contribution in [0.25, 0.3) is 5.65 Å². The predicted octanol–water partition coefficient (Wildman–Crippen LogP) is 2.51. The van der Waals surface area contributed by atoms with Crippen LogP contribution in [0.3, 0.4) is 0 Å². The number of hydrogen-bond donors (Lipinski definition) is 2. The zero-order chi connectivity index (χ0) is 18.0. The summed E-state index contributed by atoms with van der Waals surface area (Å²) in [6, 6.07) is 9.17. The van der Waals surface area contributed by atoms with Gasteiger partial charge >= 0.3 is 0 Å². The molecule has 0 bridgehead atoms. The minimum absolute atomic E-state index is 0.293. The maximum Gasteiger partial charge on any atom is 0.157 e. The van der Waals surface area contributed by atoms with Crippen LogP contribution in [-0.4, -0.2) is 40.5 Å². The summed E-state index contributed by atoms with van der Waals surface area (Å²) in [5, 5.41) is 18.3. The molecule has 3 aromatic rings. The Bertz CT molecular complexity index is 891. The fourth-order valence-corrected chi connectivity index (χ4v) is 2.75. The van der Waals surface area contributed by atoms with Gasteiger partial charge in [0.25, 0.3) is 0 Å². The second-order valence-electron chi connectivity index (χ2n) is 5.84. The molecule has 2 aromatic heterocycles. The number of nitrogens with one attached hydrogen (secondary N) is 1. The topological polar surface area (TPSA) is 80.9 Å². The summed E-state index contributed by atoms with van der Waals surface area (Å²) in [6.07, 6.45) is -0.773. The summed E-state index contributed by atoms with van der Waals surface area (Å²) in [4.78, 5) is 4.45. The zero-order valence-corrected chi connectivity index (χ0v) is 14.8. The summed E-state index contributed by atoms with van der Waals surface area (Å²) in [7, 11) is 3.17. The molecule has 25 heavy (non-hydrogen) atoms. The van der Waals surface area contributed by atoms with E-state index in [1.807, 2.05) is 26.0 Å². The molecule has 1 aromatic carbocycles. The van der Waals surface area contributed by atoms with Crippen LogP contribution in [0.2, 0.25) is 0 Å². The Balaban J connectivity index is 1.84. The van der Waals surface area contributed by atoms with E-state index in [1.54, 1.807) is 36.9 Å². The van der Waals surface area contributed by atoms with Crippen molar-refractivity contribution >= 4 is 11.5 Å². The van der Waals surface area contributed by atoms with Crippen molar-refractivity contribution in [2.45, 2.75) is 20.0 Å². The van der Waals surface area contributed by atoms with Crippen LogP contribution >= 0.6 is 0 Å². The molecule has 7 heteroatoms. The number of aryl methyl sites for hydroxylation is 2.